The van der Waals surface area contributed by atoms with Crippen molar-refractivity contribution in [3.63, 3.8) is 0 Å². The van der Waals surface area contributed by atoms with Crippen molar-refractivity contribution in [3.8, 4) is 11.5 Å². The Balaban J connectivity index is 1.75. The molecule has 0 atom stereocenters. The number of hydrogen-bond donors (Lipinski definition) is 2. The average Bonchev–Trinajstić information content (AvgIpc) is 2.60. The summed E-state index contributed by atoms with van der Waals surface area (Å²) in [5.41, 5.74) is 8.08. The zero-order valence-electron chi connectivity index (χ0n) is 13.6. The Kier molecular flexibility index (Phi) is 6.29. The number of anilines is 1. The van der Waals surface area contributed by atoms with Crippen LogP contribution in [-0.2, 0) is 6.42 Å². The van der Waals surface area contributed by atoms with E-state index in [1.54, 1.807) is 7.11 Å². The molecule has 3 N–H and O–H groups in total. The molecule has 0 bridgehead atoms. The number of aryl methyl sites for hydroxylation is 1. The first kappa shape index (κ1) is 16.7. The summed E-state index contributed by atoms with van der Waals surface area (Å²) in [6.45, 7) is 3.07. The molecule has 122 valence electrons. The molecule has 5 nitrogen and oxygen atoms in total. The van der Waals surface area contributed by atoms with E-state index in [0.717, 1.165) is 23.6 Å². The minimum Gasteiger partial charge on any atom is -0.497 e. The van der Waals surface area contributed by atoms with Gasteiger partial charge in [0.1, 0.15) is 18.1 Å². The molecule has 0 unspecified atom stereocenters. The van der Waals surface area contributed by atoms with Gasteiger partial charge in [-0.25, -0.2) is 4.99 Å². The van der Waals surface area contributed by atoms with Crippen molar-refractivity contribution in [1.29, 1.82) is 0 Å². The Labute approximate surface area is 137 Å². The number of nitrogens with zero attached hydrogens (tertiary/aromatic N) is 1. The van der Waals surface area contributed by atoms with Crippen LogP contribution in [0.15, 0.2) is 53.5 Å². The van der Waals surface area contributed by atoms with Crippen LogP contribution >= 0.6 is 0 Å². The smallest absolute Gasteiger partial charge is 0.193 e. The van der Waals surface area contributed by atoms with Crippen molar-refractivity contribution in [1.82, 2.24) is 0 Å². The third-order valence-corrected chi connectivity index (χ3v) is 3.34. The van der Waals surface area contributed by atoms with Crippen LogP contribution in [-0.4, -0.2) is 26.2 Å². The van der Waals surface area contributed by atoms with E-state index in [1.807, 2.05) is 36.4 Å². The van der Waals surface area contributed by atoms with Gasteiger partial charge in [0.2, 0.25) is 0 Å². The highest BCUT2D eigenvalue weighted by molar-refractivity contribution is 5.92. The van der Waals surface area contributed by atoms with Crippen molar-refractivity contribution in [2.45, 2.75) is 13.3 Å². The molecule has 2 rings (SSSR count). The molecule has 0 amide bonds. The molecular formula is C18H23N3O2. The van der Waals surface area contributed by atoms with E-state index in [4.69, 9.17) is 15.2 Å². The third-order valence-electron chi connectivity index (χ3n) is 3.34. The molecule has 0 spiro atoms. The van der Waals surface area contributed by atoms with Crippen molar-refractivity contribution in [2.24, 2.45) is 10.7 Å². The van der Waals surface area contributed by atoms with Crippen LogP contribution in [0.5, 0.6) is 11.5 Å². The summed E-state index contributed by atoms with van der Waals surface area (Å²) in [5.74, 6) is 1.97. The summed E-state index contributed by atoms with van der Waals surface area (Å²) in [4.78, 5) is 4.24. The molecule has 0 heterocycles. The van der Waals surface area contributed by atoms with Crippen LogP contribution in [0.25, 0.3) is 0 Å². The first-order valence-corrected chi connectivity index (χ1v) is 7.64. The fraction of sp³-hybridized carbons (Fsp3) is 0.278. The van der Waals surface area contributed by atoms with Gasteiger partial charge in [0, 0.05) is 5.69 Å². The van der Waals surface area contributed by atoms with Gasteiger partial charge in [0.25, 0.3) is 0 Å². The van der Waals surface area contributed by atoms with E-state index in [2.05, 4.69) is 29.4 Å². The number of ether oxygens (including phenoxy) is 2. The van der Waals surface area contributed by atoms with Gasteiger partial charge in [-0.3, -0.25) is 0 Å². The maximum Gasteiger partial charge on any atom is 0.193 e. The van der Waals surface area contributed by atoms with Crippen LogP contribution in [0, 0.1) is 0 Å². The largest absolute Gasteiger partial charge is 0.497 e. The monoisotopic (exact) mass is 313 g/mol. The molecule has 2 aromatic carbocycles. The standard InChI is InChI=1S/C18H23N3O2/c1-3-14-4-6-15(7-5-14)21-18(19)20-12-13-23-17-10-8-16(22-2)9-11-17/h4-11H,3,12-13H2,1-2H3,(H3,19,20,21). The van der Waals surface area contributed by atoms with Crippen LogP contribution in [0.1, 0.15) is 12.5 Å². The molecule has 5 heteroatoms. The number of hydrogen-bond acceptors (Lipinski definition) is 3. The highest BCUT2D eigenvalue weighted by atomic mass is 16.5. The number of guanidine groups is 1. The quantitative estimate of drug-likeness (QED) is 0.468. The van der Waals surface area contributed by atoms with E-state index in [9.17, 15) is 0 Å². The van der Waals surface area contributed by atoms with Gasteiger partial charge in [0.15, 0.2) is 5.96 Å². The van der Waals surface area contributed by atoms with Gasteiger partial charge in [-0.1, -0.05) is 19.1 Å². The summed E-state index contributed by atoms with van der Waals surface area (Å²) in [6.07, 6.45) is 1.02. The van der Waals surface area contributed by atoms with Crippen molar-refractivity contribution in [2.75, 3.05) is 25.6 Å². The summed E-state index contributed by atoms with van der Waals surface area (Å²) in [5, 5.41) is 3.06. The van der Waals surface area contributed by atoms with Crippen LogP contribution in [0.2, 0.25) is 0 Å². The summed E-state index contributed by atoms with van der Waals surface area (Å²) < 4.78 is 10.7. The molecular weight excluding hydrogens is 290 g/mol. The molecule has 2 aromatic rings. The minimum absolute atomic E-state index is 0.382. The second-order valence-corrected chi connectivity index (χ2v) is 4.97. The normalized spacial score (nSPS) is 11.1. The summed E-state index contributed by atoms with van der Waals surface area (Å²) in [7, 11) is 1.64. The molecule has 0 saturated carbocycles. The lowest BCUT2D eigenvalue weighted by Crippen LogP contribution is -2.23. The number of rotatable bonds is 7. The zero-order valence-corrected chi connectivity index (χ0v) is 13.6. The van der Waals surface area contributed by atoms with Gasteiger partial charge >= 0.3 is 0 Å². The highest BCUT2D eigenvalue weighted by Crippen LogP contribution is 2.16. The van der Waals surface area contributed by atoms with Crippen molar-refractivity contribution >= 4 is 11.6 Å². The van der Waals surface area contributed by atoms with Gasteiger partial charge < -0.3 is 20.5 Å². The summed E-state index contributed by atoms with van der Waals surface area (Å²) >= 11 is 0. The summed E-state index contributed by atoms with van der Waals surface area (Å²) in [6, 6.07) is 15.6. The van der Waals surface area contributed by atoms with Crippen LogP contribution in [0.3, 0.4) is 0 Å². The lowest BCUT2D eigenvalue weighted by Gasteiger charge is -2.08. The first-order valence-electron chi connectivity index (χ1n) is 7.64. The molecule has 0 saturated heterocycles. The second kappa shape index (κ2) is 8.68. The first-order chi connectivity index (χ1) is 11.2. The van der Waals surface area contributed by atoms with Gasteiger partial charge in [-0.05, 0) is 48.4 Å². The molecule has 0 radical (unpaired) electrons. The number of nitrogens with two attached hydrogens (primary N) is 1. The Morgan fingerprint density at radius 1 is 1.04 bits per heavy atom. The fourth-order valence-corrected chi connectivity index (χ4v) is 2.01. The predicted molar refractivity (Wildman–Crippen MR) is 94.4 cm³/mol. The number of nitrogens with one attached hydrogen (secondary N) is 1. The Hall–Kier alpha value is -2.69. The lowest BCUT2D eigenvalue weighted by molar-refractivity contribution is 0.327. The molecule has 23 heavy (non-hydrogen) atoms. The molecule has 0 aliphatic heterocycles. The fourth-order valence-electron chi connectivity index (χ4n) is 2.01. The second-order valence-electron chi connectivity index (χ2n) is 4.97. The third kappa shape index (κ3) is 5.54. The van der Waals surface area contributed by atoms with Crippen molar-refractivity contribution in [3.05, 3.63) is 54.1 Å². The molecule has 0 aliphatic rings. The number of benzene rings is 2. The minimum atomic E-state index is 0.382. The number of aliphatic imine (C=N–C) groups is 1. The maximum absolute atomic E-state index is 5.86. The molecule has 0 aliphatic carbocycles. The average molecular weight is 313 g/mol. The van der Waals surface area contributed by atoms with Gasteiger partial charge in [0.05, 0.1) is 13.7 Å². The van der Waals surface area contributed by atoms with E-state index in [1.165, 1.54) is 5.56 Å². The van der Waals surface area contributed by atoms with E-state index < -0.39 is 0 Å². The van der Waals surface area contributed by atoms with Gasteiger partial charge in [-0.15, -0.1) is 0 Å². The number of methoxy groups -OCH3 is 1. The van der Waals surface area contributed by atoms with Crippen LogP contribution < -0.4 is 20.5 Å². The van der Waals surface area contributed by atoms with E-state index in [0.29, 0.717) is 19.1 Å². The SMILES string of the molecule is CCc1ccc(NC(N)=NCCOc2ccc(OC)cc2)cc1. The van der Waals surface area contributed by atoms with Crippen molar-refractivity contribution < 1.29 is 9.47 Å². The topological polar surface area (TPSA) is 68.9 Å². The molecule has 0 aromatic heterocycles. The maximum atomic E-state index is 5.86. The Bertz CT molecular complexity index is 622. The highest BCUT2D eigenvalue weighted by Gasteiger charge is 1.97. The Morgan fingerprint density at radius 3 is 2.30 bits per heavy atom. The lowest BCUT2D eigenvalue weighted by atomic mass is 10.1. The van der Waals surface area contributed by atoms with Gasteiger partial charge in [-0.2, -0.15) is 0 Å². The van der Waals surface area contributed by atoms with Crippen LogP contribution in [0.4, 0.5) is 5.69 Å². The van der Waals surface area contributed by atoms with E-state index >= 15 is 0 Å². The zero-order chi connectivity index (χ0) is 16.5. The predicted octanol–water partition coefficient (Wildman–Crippen LogP) is 3.06. The van der Waals surface area contributed by atoms with E-state index in [-0.39, 0.29) is 0 Å². The Morgan fingerprint density at radius 2 is 1.70 bits per heavy atom. The molecule has 0 fully saturated rings.